The third-order valence-electron chi connectivity index (χ3n) is 2.47. The van der Waals surface area contributed by atoms with Crippen molar-refractivity contribution in [1.82, 2.24) is 9.97 Å². The molecule has 8 heteroatoms. The van der Waals surface area contributed by atoms with Crippen LogP contribution in [0, 0.1) is 0 Å². The zero-order valence-corrected chi connectivity index (χ0v) is 14.8. The molecule has 1 heterocycles. The molecule has 21 heavy (non-hydrogen) atoms. The lowest BCUT2D eigenvalue weighted by Crippen LogP contribution is -2.03. The van der Waals surface area contributed by atoms with Crippen molar-refractivity contribution in [1.29, 1.82) is 0 Å². The van der Waals surface area contributed by atoms with Crippen LogP contribution < -0.4 is 5.32 Å². The van der Waals surface area contributed by atoms with Gasteiger partial charge in [-0.25, -0.2) is 9.97 Å². The average Bonchev–Trinajstić information content (AvgIpc) is 2.45. The molecule has 0 atom stereocenters. The van der Waals surface area contributed by atoms with Gasteiger partial charge in [0.15, 0.2) is 5.82 Å². The molecule has 4 nitrogen and oxygen atoms in total. The fourth-order valence-corrected chi connectivity index (χ4v) is 2.57. The van der Waals surface area contributed by atoms with Gasteiger partial charge in [0, 0.05) is 17.1 Å². The highest BCUT2D eigenvalue weighted by atomic mass is 79.9. The number of nitrogens with zero attached hydrogens (tertiary/aromatic N) is 2. The van der Waals surface area contributed by atoms with E-state index < -0.39 is 0 Å². The maximum Gasteiger partial charge on any atom is 0.158 e. The number of anilines is 2. The summed E-state index contributed by atoms with van der Waals surface area (Å²) in [4.78, 5) is 8.40. The molecule has 0 aliphatic heterocycles. The first-order chi connectivity index (χ1) is 10.0. The van der Waals surface area contributed by atoms with Gasteiger partial charge in [0.25, 0.3) is 0 Å². The van der Waals surface area contributed by atoms with Gasteiger partial charge in [0.05, 0.1) is 15.7 Å². The van der Waals surface area contributed by atoms with Crippen molar-refractivity contribution in [2.75, 3.05) is 11.9 Å². The summed E-state index contributed by atoms with van der Waals surface area (Å²) in [5, 5.41) is 4.21. The normalized spacial score (nSPS) is 10.7. The average molecular weight is 412 g/mol. The smallest absolute Gasteiger partial charge is 0.158 e. The highest BCUT2D eigenvalue weighted by molar-refractivity contribution is 9.10. The molecule has 0 fully saturated rings. The fourth-order valence-electron chi connectivity index (χ4n) is 1.55. The lowest BCUT2D eigenvalue weighted by atomic mass is 10.3. The van der Waals surface area contributed by atoms with E-state index in [-0.39, 0.29) is 0 Å². The number of nitrogens with one attached hydrogen (secondary N) is 1. The Bertz CT molecular complexity index is 655. The van der Waals surface area contributed by atoms with Crippen molar-refractivity contribution in [3.8, 4) is 0 Å². The Hall–Kier alpha value is -0.590. The monoisotopic (exact) mass is 409 g/mol. The molecule has 0 aliphatic carbocycles. The molecule has 2 aromatic rings. The summed E-state index contributed by atoms with van der Waals surface area (Å²) in [6, 6.07) is 5.18. The number of ether oxygens (including phenoxy) is 1. The van der Waals surface area contributed by atoms with Crippen molar-refractivity contribution in [3.63, 3.8) is 0 Å². The van der Waals surface area contributed by atoms with Gasteiger partial charge < -0.3 is 10.1 Å². The SMILES string of the molecule is CCOCc1nc(Cl)cc(Nc2ccc(Br)c(Cl)c2Cl)n1. The van der Waals surface area contributed by atoms with E-state index in [0.717, 1.165) is 4.47 Å². The maximum atomic E-state index is 6.19. The molecule has 0 saturated carbocycles. The van der Waals surface area contributed by atoms with E-state index in [1.165, 1.54) is 0 Å². The molecule has 0 amide bonds. The van der Waals surface area contributed by atoms with Crippen molar-refractivity contribution >= 4 is 62.2 Å². The van der Waals surface area contributed by atoms with Crippen LogP contribution in [0.1, 0.15) is 12.7 Å². The van der Waals surface area contributed by atoms with Crippen LogP contribution in [-0.2, 0) is 11.3 Å². The van der Waals surface area contributed by atoms with Crippen LogP contribution in [0.5, 0.6) is 0 Å². The van der Waals surface area contributed by atoms with E-state index in [1.807, 2.05) is 6.92 Å². The number of benzene rings is 1. The van der Waals surface area contributed by atoms with Crippen molar-refractivity contribution < 1.29 is 4.74 Å². The molecule has 1 aromatic carbocycles. The first kappa shape index (κ1) is 16.8. The lowest BCUT2D eigenvalue weighted by molar-refractivity contribution is 0.128. The second-order valence-corrected chi connectivity index (χ2v) is 5.97. The first-order valence-corrected chi connectivity index (χ1v) is 7.95. The molecule has 1 N–H and O–H groups in total. The molecular formula is C13H11BrCl3N3O. The Balaban J connectivity index is 2.27. The Labute approximate surface area is 145 Å². The van der Waals surface area contributed by atoms with E-state index in [9.17, 15) is 0 Å². The van der Waals surface area contributed by atoms with Gasteiger partial charge in [0.2, 0.25) is 0 Å². The lowest BCUT2D eigenvalue weighted by Gasteiger charge is -2.11. The predicted octanol–water partition coefficient (Wildman–Crippen LogP) is 5.48. The van der Waals surface area contributed by atoms with Crippen LogP contribution in [0.25, 0.3) is 0 Å². The van der Waals surface area contributed by atoms with Gasteiger partial charge in [-0.05, 0) is 35.0 Å². The molecule has 0 saturated heterocycles. The summed E-state index contributed by atoms with van der Waals surface area (Å²) in [7, 11) is 0. The van der Waals surface area contributed by atoms with Crippen molar-refractivity contribution in [2.45, 2.75) is 13.5 Å². The van der Waals surface area contributed by atoms with Gasteiger partial charge in [0.1, 0.15) is 17.6 Å². The molecule has 0 radical (unpaired) electrons. The highest BCUT2D eigenvalue weighted by Gasteiger charge is 2.10. The standard InChI is InChI=1S/C13H11BrCl3N3O/c1-2-21-6-11-19-9(15)5-10(20-11)18-8-4-3-7(14)12(16)13(8)17/h3-5H,2,6H2,1H3,(H,18,19,20). The molecule has 1 aromatic heterocycles. The molecule has 0 unspecified atom stereocenters. The quantitative estimate of drug-likeness (QED) is 0.523. The summed E-state index contributed by atoms with van der Waals surface area (Å²) < 4.78 is 5.99. The van der Waals surface area contributed by atoms with Gasteiger partial charge in [-0.3, -0.25) is 0 Å². The van der Waals surface area contributed by atoms with Crippen LogP contribution in [0.2, 0.25) is 15.2 Å². The van der Waals surface area contributed by atoms with Gasteiger partial charge in [-0.2, -0.15) is 0 Å². The van der Waals surface area contributed by atoms with Crippen LogP contribution in [0.3, 0.4) is 0 Å². The topological polar surface area (TPSA) is 47.0 Å². The van der Waals surface area contributed by atoms with Gasteiger partial charge in [-0.1, -0.05) is 34.8 Å². The number of hydrogen-bond acceptors (Lipinski definition) is 4. The predicted molar refractivity (Wildman–Crippen MR) is 89.8 cm³/mol. The Morgan fingerprint density at radius 1 is 1.19 bits per heavy atom. The fraction of sp³-hybridized carbons (Fsp3) is 0.231. The van der Waals surface area contributed by atoms with E-state index in [4.69, 9.17) is 39.5 Å². The van der Waals surface area contributed by atoms with Crippen LogP contribution >= 0.6 is 50.7 Å². The van der Waals surface area contributed by atoms with Gasteiger partial charge in [-0.15, -0.1) is 0 Å². The van der Waals surface area contributed by atoms with Crippen LogP contribution in [-0.4, -0.2) is 16.6 Å². The number of hydrogen-bond donors (Lipinski definition) is 1. The Kier molecular flexibility index (Phi) is 6.08. The third kappa shape index (κ3) is 4.44. The van der Waals surface area contributed by atoms with E-state index in [2.05, 4.69) is 31.2 Å². The molecule has 0 aliphatic rings. The van der Waals surface area contributed by atoms with E-state index in [1.54, 1.807) is 18.2 Å². The Morgan fingerprint density at radius 2 is 1.95 bits per heavy atom. The summed E-state index contributed by atoms with van der Waals surface area (Å²) in [5.41, 5.74) is 0.627. The van der Waals surface area contributed by atoms with Crippen LogP contribution in [0.4, 0.5) is 11.5 Å². The molecule has 112 valence electrons. The van der Waals surface area contributed by atoms with Crippen molar-refractivity contribution in [3.05, 3.63) is 43.7 Å². The zero-order valence-electron chi connectivity index (χ0n) is 11.0. The highest BCUT2D eigenvalue weighted by Crippen LogP contribution is 2.37. The van der Waals surface area contributed by atoms with E-state index >= 15 is 0 Å². The summed E-state index contributed by atoms with van der Waals surface area (Å²) >= 11 is 21.6. The van der Waals surface area contributed by atoms with Gasteiger partial charge >= 0.3 is 0 Å². The molecule has 2 rings (SSSR count). The van der Waals surface area contributed by atoms with Crippen molar-refractivity contribution in [2.24, 2.45) is 0 Å². The third-order valence-corrected chi connectivity index (χ3v) is 4.44. The largest absolute Gasteiger partial charge is 0.374 e. The van der Waals surface area contributed by atoms with E-state index in [0.29, 0.717) is 45.7 Å². The number of aromatic nitrogens is 2. The minimum Gasteiger partial charge on any atom is -0.374 e. The first-order valence-electron chi connectivity index (χ1n) is 6.03. The minimum absolute atomic E-state index is 0.292. The summed E-state index contributed by atoms with van der Waals surface area (Å²) in [5.74, 6) is 1.01. The molecular weight excluding hydrogens is 400 g/mol. The second kappa shape index (κ2) is 7.61. The molecule has 0 spiro atoms. The Morgan fingerprint density at radius 3 is 2.67 bits per heavy atom. The minimum atomic E-state index is 0.292. The zero-order chi connectivity index (χ0) is 15.4. The summed E-state index contributed by atoms with van der Waals surface area (Å²) in [6.07, 6.45) is 0. The summed E-state index contributed by atoms with van der Waals surface area (Å²) in [6.45, 7) is 2.76. The number of rotatable bonds is 5. The second-order valence-electron chi connectivity index (χ2n) is 3.98. The number of halogens is 4. The maximum absolute atomic E-state index is 6.19. The van der Waals surface area contributed by atoms with Crippen LogP contribution in [0.15, 0.2) is 22.7 Å². The molecule has 0 bridgehead atoms.